The van der Waals surface area contributed by atoms with Gasteiger partial charge < -0.3 is 19.7 Å². The van der Waals surface area contributed by atoms with Crippen molar-refractivity contribution in [2.75, 3.05) is 14.2 Å². The highest BCUT2D eigenvalue weighted by Gasteiger charge is 2.33. The molecule has 5 nitrogen and oxygen atoms in total. The minimum Gasteiger partial charge on any atom is -0.495 e. The summed E-state index contributed by atoms with van der Waals surface area (Å²) in [6.07, 6.45) is 7.15. The average molecular weight is 226 g/mol. The van der Waals surface area contributed by atoms with E-state index in [0.717, 1.165) is 6.08 Å². The molecule has 1 rings (SSSR count). The van der Waals surface area contributed by atoms with Crippen LogP contribution >= 0.6 is 0 Å². The zero-order chi connectivity index (χ0) is 12.2. The average Bonchev–Trinajstić information content (AvgIpc) is 2.27. The van der Waals surface area contributed by atoms with Crippen molar-refractivity contribution in [3.8, 4) is 0 Å². The van der Waals surface area contributed by atoms with E-state index in [0.29, 0.717) is 0 Å². The molecule has 0 saturated carbocycles. The fraction of sp³-hybridized carbons (Fsp3) is 0.364. The number of carboxylic acids is 1. The Labute approximate surface area is 93.3 Å². The first-order valence-electron chi connectivity index (χ1n) is 4.66. The van der Waals surface area contributed by atoms with Crippen LogP contribution in [0.3, 0.4) is 0 Å². The third kappa shape index (κ3) is 2.71. The Balaban J connectivity index is 2.86. The molecule has 0 bridgehead atoms. The van der Waals surface area contributed by atoms with E-state index in [4.69, 9.17) is 14.6 Å². The van der Waals surface area contributed by atoms with E-state index in [-0.39, 0.29) is 11.7 Å². The van der Waals surface area contributed by atoms with Crippen molar-refractivity contribution in [1.82, 2.24) is 0 Å². The van der Waals surface area contributed by atoms with Crippen molar-refractivity contribution in [2.24, 2.45) is 5.92 Å². The molecule has 0 aromatic rings. The molecule has 2 atom stereocenters. The Morgan fingerprint density at radius 1 is 1.56 bits per heavy atom. The van der Waals surface area contributed by atoms with Crippen molar-refractivity contribution >= 4 is 5.97 Å². The van der Waals surface area contributed by atoms with Crippen molar-refractivity contribution < 1.29 is 24.5 Å². The number of hydrogen-bond donors (Lipinski definition) is 2. The maximum absolute atomic E-state index is 10.3. The summed E-state index contributed by atoms with van der Waals surface area (Å²) >= 11 is 0. The van der Waals surface area contributed by atoms with Gasteiger partial charge in [-0.2, -0.15) is 0 Å². The number of methoxy groups -OCH3 is 2. The lowest BCUT2D eigenvalue weighted by atomic mass is 9.97. The van der Waals surface area contributed by atoms with E-state index in [2.05, 4.69) is 0 Å². The van der Waals surface area contributed by atoms with E-state index in [1.54, 1.807) is 12.2 Å². The predicted octanol–water partition coefficient (Wildman–Crippen LogP) is 0.678. The van der Waals surface area contributed by atoms with Gasteiger partial charge in [0, 0.05) is 19.1 Å². The van der Waals surface area contributed by atoms with Crippen LogP contribution in [0.15, 0.2) is 36.1 Å². The van der Waals surface area contributed by atoms with Gasteiger partial charge in [0.05, 0.1) is 7.11 Å². The van der Waals surface area contributed by atoms with Crippen LogP contribution in [0.5, 0.6) is 0 Å². The van der Waals surface area contributed by atoms with Crippen LogP contribution in [0.1, 0.15) is 0 Å². The molecule has 0 fully saturated rings. The molecule has 0 saturated heterocycles. The maximum Gasteiger partial charge on any atom is 0.328 e. The quantitative estimate of drug-likeness (QED) is 0.419. The molecular formula is C11H14O5. The molecule has 5 heteroatoms. The first kappa shape index (κ1) is 12.5. The normalized spacial score (nSPS) is 29.2. The van der Waals surface area contributed by atoms with Gasteiger partial charge in [0.15, 0.2) is 5.76 Å². The van der Waals surface area contributed by atoms with Gasteiger partial charge in [0.25, 0.3) is 0 Å². The van der Waals surface area contributed by atoms with Crippen LogP contribution in [0.4, 0.5) is 0 Å². The third-order valence-corrected chi connectivity index (χ3v) is 2.23. The summed E-state index contributed by atoms with van der Waals surface area (Å²) in [5.41, 5.74) is 0. The molecule has 0 radical (unpaired) electrons. The fourth-order valence-electron chi connectivity index (χ4n) is 1.37. The summed E-state index contributed by atoms with van der Waals surface area (Å²) in [6, 6.07) is 0. The fourth-order valence-corrected chi connectivity index (χ4v) is 1.37. The Morgan fingerprint density at radius 3 is 2.75 bits per heavy atom. The van der Waals surface area contributed by atoms with Crippen molar-refractivity contribution in [3.05, 3.63) is 36.1 Å². The summed E-state index contributed by atoms with van der Waals surface area (Å²) in [7, 11) is 2.76. The van der Waals surface area contributed by atoms with E-state index in [1.807, 2.05) is 0 Å². The Bertz CT molecular complexity index is 355. The highest BCUT2D eigenvalue weighted by molar-refractivity contribution is 5.79. The standard InChI is InChI=1S/C11H14O5/c1-15-9-7-8(3-4-10(12)13)5-6-11(9,14)16-2/h3-8,14H,1-2H3,(H,12,13)/b4-3+. The molecule has 88 valence electrons. The Kier molecular flexibility index (Phi) is 3.87. The Hall–Kier alpha value is -1.59. The highest BCUT2D eigenvalue weighted by Crippen LogP contribution is 2.27. The van der Waals surface area contributed by atoms with Gasteiger partial charge in [-0.05, 0) is 12.2 Å². The molecule has 0 aromatic carbocycles. The smallest absolute Gasteiger partial charge is 0.328 e. The highest BCUT2D eigenvalue weighted by atomic mass is 16.6. The number of allylic oxidation sites excluding steroid dienone is 3. The largest absolute Gasteiger partial charge is 0.495 e. The van der Waals surface area contributed by atoms with Crippen LogP contribution in [0.2, 0.25) is 0 Å². The van der Waals surface area contributed by atoms with Crippen LogP contribution in [-0.4, -0.2) is 36.2 Å². The van der Waals surface area contributed by atoms with Crippen molar-refractivity contribution in [2.45, 2.75) is 5.79 Å². The number of hydrogen-bond acceptors (Lipinski definition) is 4. The SMILES string of the molecule is COC1=CC(/C=C/C(=O)O)C=CC1(O)OC. The first-order chi connectivity index (χ1) is 7.51. The summed E-state index contributed by atoms with van der Waals surface area (Å²) in [5.74, 6) is -2.59. The van der Waals surface area contributed by atoms with Crippen LogP contribution in [-0.2, 0) is 14.3 Å². The van der Waals surface area contributed by atoms with Crippen molar-refractivity contribution in [1.29, 1.82) is 0 Å². The number of rotatable bonds is 4. The summed E-state index contributed by atoms with van der Waals surface area (Å²) < 4.78 is 9.88. The van der Waals surface area contributed by atoms with E-state index in [9.17, 15) is 9.90 Å². The topological polar surface area (TPSA) is 76.0 Å². The molecule has 0 aliphatic heterocycles. The number of aliphatic carboxylic acids is 1. The summed E-state index contributed by atoms with van der Waals surface area (Å²) in [6.45, 7) is 0. The van der Waals surface area contributed by atoms with Crippen LogP contribution in [0, 0.1) is 5.92 Å². The second-order valence-electron chi connectivity index (χ2n) is 3.27. The molecular weight excluding hydrogens is 212 g/mol. The number of carbonyl (C=O) groups is 1. The van der Waals surface area contributed by atoms with Crippen LogP contribution < -0.4 is 0 Å². The molecule has 1 aliphatic carbocycles. The predicted molar refractivity (Wildman–Crippen MR) is 56.5 cm³/mol. The first-order valence-corrected chi connectivity index (χ1v) is 4.66. The maximum atomic E-state index is 10.3. The third-order valence-electron chi connectivity index (χ3n) is 2.23. The van der Waals surface area contributed by atoms with Gasteiger partial charge in [0.1, 0.15) is 0 Å². The van der Waals surface area contributed by atoms with Gasteiger partial charge in [-0.15, -0.1) is 0 Å². The van der Waals surface area contributed by atoms with Gasteiger partial charge >= 0.3 is 5.97 Å². The molecule has 0 amide bonds. The monoisotopic (exact) mass is 226 g/mol. The minimum absolute atomic E-state index is 0.234. The number of ether oxygens (including phenoxy) is 2. The van der Waals surface area contributed by atoms with Crippen molar-refractivity contribution in [3.63, 3.8) is 0 Å². The van der Waals surface area contributed by atoms with Gasteiger partial charge in [-0.3, -0.25) is 0 Å². The lowest BCUT2D eigenvalue weighted by molar-refractivity contribution is -0.144. The molecule has 2 N–H and O–H groups in total. The molecule has 16 heavy (non-hydrogen) atoms. The van der Waals surface area contributed by atoms with Gasteiger partial charge in [0.2, 0.25) is 5.79 Å². The zero-order valence-corrected chi connectivity index (χ0v) is 9.08. The minimum atomic E-state index is -1.57. The van der Waals surface area contributed by atoms with E-state index < -0.39 is 11.8 Å². The number of aliphatic hydroxyl groups is 1. The zero-order valence-electron chi connectivity index (χ0n) is 9.08. The molecule has 0 spiro atoms. The van der Waals surface area contributed by atoms with E-state index >= 15 is 0 Å². The number of carboxylic acid groups (broad SMARTS) is 1. The van der Waals surface area contributed by atoms with Crippen LogP contribution in [0.25, 0.3) is 0 Å². The van der Waals surface area contributed by atoms with Gasteiger partial charge in [-0.25, -0.2) is 4.79 Å². The lowest BCUT2D eigenvalue weighted by Crippen LogP contribution is -2.34. The Morgan fingerprint density at radius 2 is 2.25 bits per heavy atom. The molecule has 2 unspecified atom stereocenters. The second-order valence-corrected chi connectivity index (χ2v) is 3.27. The second kappa shape index (κ2) is 4.96. The molecule has 0 aromatic heterocycles. The molecule has 1 aliphatic rings. The summed E-state index contributed by atoms with van der Waals surface area (Å²) in [5, 5.41) is 18.4. The lowest BCUT2D eigenvalue weighted by Gasteiger charge is -2.28. The summed E-state index contributed by atoms with van der Waals surface area (Å²) in [4.78, 5) is 10.3. The van der Waals surface area contributed by atoms with Gasteiger partial charge in [-0.1, -0.05) is 12.2 Å². The van der Waals surface area contributed by atoms with E-state index in [1.165, 1.54) is 26.4 Å². The molecule has 0 heterocycles.